The summed E-state index contributed by atoms with van der Waals surface area (Å²) in [7, 11) is 0. The summed E-state index contributed by atoms with van der Waals surface area (Å²) in [4.78, 5) is 25.9. The normalized spacial score (nSPS) is 11.8. The zero-order valence-corrected chi connectivity index (χ0v) is 16.2. The third-order valence-corrected chi connectivity index (χ3v) is 5.43. The molecule has 0 fully saturated rings. The van der Waals surface area contributed by atoms with Gasteiger partial charge in [-0.15, -0.1) is 10.2 Å². The second-order valence-electron chi connectivity index (χ2n) is 6.92. The Balaban J connectivity index is 1.82. The summed E-state index contributed by atoms with van der Waals surface area (Å²) in [6, 6.07) is 15.2. The SMILES string of the molecule is CCn1c(=O)n(Cc2nnc3n(CC)c(=O)c4ccccc4n23)c2ccccc21. The maximum absolute atomic E-state index is 13.0. The topological polar surface area (TPSA) is 79.1 Å². The van der Waals surface area contributed by atoms with E-state index in [0.717, 1.165) is 16.6 Å². The van der Waals surface area contributed by atoms with Crippen LogP contribution in [0.15, 0.2) is 58.1 Å². The molecule has 0 radical (unpaired) electrons. The van der Waals surface area contributed by atoms with Crippen molar-refractivity contribution in [2.24, 2.45) is 0 Å². The van der Waals surface area contributed by atoms with Gasteiger partial charge in [-0.05, 0) is 38.1 Å². The summed E-state index contributed by atoms with van der Waals surface area (Å²) in [5.41, 5.74) is 2.31. The minimum absolute atomic E-state index is 0.0847. The molecule has 0 aliphatic rings. The standard InChI is InChI=1S/C21H20N6O2/c1-3-24-16-11-7-8-12-17(16)26(21(24)29)13-18-22-23-20-25(4-2)19(28)14-9-5-6-10-15(14)27(18)20/h5-12H,3-4,13H2,1-2H3. The van der Waals surface area contributed by atoms with Crippen LogP contribution in [0.5, 0.6) is 0 Å². The molecule has 29 heavy (non-hydrogen) atoms. The van der Waals surface area contributed by atoms with Gasteiger partial charge in [-0.3, -0.25) is 22.9 Å². The van der Waals surface area contributed by atoms with E-state index in [4.69, 9.17) is 0 Å². The number of aryl methyl sites for hydroxylation is 2. The van der Waals surface area contributed by atoms with Crippen LogP contribution >= 0.6 is 0 Å². The number of fused-ring (bicyclic) bond motifs is 4. The average molecular weight is 388 g/mol. The lowest BCUT2D eigenvalue weighted by molar-refractivity contribution is 0.664. The molecule has 0 atom stereocenters. The van der Waals surface area contributed by atoms with Crippen molar-refractivity contribution in [3.63, 3.8) is 0 Å². The molecule has 3 aromatic heterocycles. The van der Waals surface area contributed by atoms with E-state index < -0.39 is 0 Å². The third-order valence-electron chi connectivity index (χ3n) is 5.43. The van der Waals surface area contributed by atoms with E-state index in [1.807, 2.05) is 66.8 Å². The maximum atomic E-state index is 13.0. The molecule has 0 spiro atoms. The van der Waals surface area contributed by atoms with Crippen molar-refractivity contribution in [2.75, 3.05) is 0 Å². The van der Waals surface area contributed by atoms with Crippen LogP contribution < -0.4 is 11.2 Å². The van der Waals surface area contributed by atoms with Gasteiger partial charge in [-0.2, -0.15) is 0 Å². The van der Waals surface area contributed by atoms with Gasteiger partial charge in [0.25, 0.3) is 5.56 Å². The molecule has 0 saturated heterocycles. The predicted octanol–water partition coefficient (Wildman–Crippen LogP) is 2.25. The Kier molecular flexibility index (Phi) is 3.87. The molecule has 0 N–H and O–H groups in total. The van der Waals surface area contributed by atoms with Crippen molar-refractivity contribution in [3.05, 3.63) is 75.2 Å². The summed E-state index contributed by atoms with van der Waals surface area (Å²) in [5, 5.41) is 9.25. The number of aromatic nitrogens is 6. The quantitative estimate of drug-likeness (QED) is 0.473. The first-order chi connectivity index (χ1) is 14.2. The first-order valence-corrected chi connectivity index (χ1v) is 9.69. The lowest BCUT2D eigenvalue weighted by Crippen LogP contribution is -2.26. The fourth-order valence-corrected chi connectivity index (χ4v) is 4.07. The van der Waals surface area contributed by atoms with Crippen molar-refractivity contribution >= 4 is 27.7 Å². The highest BCUT2D eigenvalue weighted by Crippen LogP contribution is 2.17. The van der Waals surface area contributed by atoms with E-state index in [2.05, 4.69) is 10.2 Å². The summed E-state index contributed by atoms with van der Waals surface area (Å²) >= 11 is 0. The minimum atomic E-state index is -0.0886. The molecule has 5 rings (SSSR count). The molecule has 8 nitrogen and oxygen atoms in total. The lowest BCUT2D eigenvalue weighted by atomic mass is 10.2. The number of hydrogen-bond acceptors (Lipinski definition) is 4. The molecule has 0 amide bonds. The van der Waals surface area contributed by atoms with Crippen molar-refractivity contribution in [2.45, 2.75) is 33.5 Å². The van der Waals surface area contributed by atoms with E-state index >= 15 is 0 Å². The van der Waals surface area contributed by atoms with E-state index in [0.29, 0.717) is 30.1 Å². The molecule has 2 aromatic carbocycles. The van der Waals surface area contributed by atoms with Gasteiger partial charge in [0.05, 0.1) is 28.5 Å². The number of rotatable bonds is 4. The summed E-state index contributed by atoms with van der Waals surface area (Å²) in [5.74, 6) is 1.10. The number of para-hydroxylation sites is 3. The molecule has 0 saturated carbocycles. The van der Waals surface area contributed by atoms with Crippen LogP contribution in [0.25, 0.3) is 27.7 Å². The summed E-state index contributed by atoms with van der Waals surface area (Å²) in [6.45, 7) is 5.20. The van der Waals surface area contributed by atoms with Gasteiger partial charge in [0.1, 0.15) is 0 Å². The highest BCUT2D eigenvalue weighted by atomic mass is 16.2. The van der Waals surface area contributed by atoms with Crippen LogP contribution in [0.1, 0.15) is 19.7 Å². The van der Waals surface area contributed by atoms with Gasteiger partial charge in [-0.1, -0.05) is 24.3 Å². The Morgan fingerprint density at radius 3 is 2.07 bits per heavy atom. The molecule has 0 aliphatic carbocycles. The molecule has 3 heterocycles. The Morgan fingerprint density at radius 2 is 1.38 bits per heavy atom. The van der Waals surface area contributed by atoms with Gasteiger partial charge in [-0.25, -0.2) is 4.79 Å². The van der Waals surface area contributed by atoms with Crippen molar-refractivity contribution in [1.82, 2.24) is 28.3 Å². The Hall–Kier alpha value is -3.68. The number of nitrogens with zero attached hydrogens (tertiary/aromatic N) is 6. The lowest BCUT2D eigenvalue weighted by Gasteiger charge is -2.10. The fraction of sp³-hybridized carbons (Fsp3) is 0.238. The highest BCUT2D eigenvalue weighted by molar-refractivity contribution is 5.80. The van der Waals surface area contributed by atoms with Crippen LogP contribution in [0.3, 0.4) is 0 Å². The zero-order chi connectivity index (χ0) is 20.1. The Bertz CT molecular complexity index is 1500. The zero-order valence-electron chi connectivity index (χ0n) is 16.2. The van der Waals surface area contributed by atoms with E-state index in [-0.39, 0.29) is 17.8 Å². The monoisotopic (exact) mass is 388 g/mol. The van der Waals surface area contributed by atoms with Crippen LogP contribution in [0, 0.1) is 0 Å². The van der Waals surface area contributed by atoms with Crippen molar-refractivity contribution < 1.29 is 0 Å². The first-order valence-electron chi connectivity index (χ1n) is 9.69. The molecular weight excluding hydrogens is 368 g/mol. The molecule has 0 bridgehead atoms. The second kappa shape index (κ2) is 6.44. The highest BCUT2D eigenvalue weighted by Gasteiger charge is 2.18. The average Bonchev–Trinajstić information content (AvgIpc) is 3.28. The van der Waals surface area contributed by atoms with E-state index in [9.17, 15) is 9.59 Å². The van der Waals surface area contributed by atoms with Crippen LogP contribution in [0.2, 0.25) is 0 Å². The number of imidazole rings is 1. The van der Waals surface area contributed by atoms with Gasteiger partial charge in [0.2, 0.25) is 5.78 Å². The van der Waals surface area contributed by atoms with Crippen molar-refractivity contribution in [1.29, 1.82) is 0 Å². The minimum Gasteiger partial charge on any atom is -0.292 e. The fourth-order valence-electron chi connectivity index (χ4n) is 4.07. The number of benzene rings is 2. The Morgan fingerprint density at radius 1 is 0.759 bits per heavy atom. The largest absolute Gasteiger partial charge is 0.329 e. The maximum Gasteiger partial charge on any atom is 0.329 e. The number of hydrogen-bond donors (Lipinski definition) is 0. The van der Waals surface area contributed by atoms with Gasteiger partial charge in [0.15, 0.2) is 5.82 Å². The predicted molar refractivity (Wildman–Crippen MR) is 111 cm³/mol. The van der Waals surface area contributed by atoms with Crippen molar-refractivity contribution in [3.8, 4) is 0 Å². The molecule has 5 aromatic rings. The summed E-state index contributed by atoms with van der Waals surface area (Å²) < 4.78 is 6.95. The van der Waals surface area contributed by atoms with Crippen LogP contribution in [-0.2, 0) is 19.6 Å². The Labute approximate surface area is 165 Å². The van der Waals surface area contributed by atoms with E-state index in [1.165, 1.54) is 0 Å². The van der Waals surface area contributed by atoms with E-state index in [1.54, 1.807) is 13.7 Å². The van der Waals surface area contributed by atoms with Crippen LogP contribution in [0.4, 0.5) is 0 Å². The summed E-state index contributed by atoms with van der Waals surface area (Å²) in [6.07, 6.45) is 0. The smallest absolute Gasteiger partial charge is 0.292 e. The van der Waals surface area contributed by atoms with Gasteiger partial charge in [0, 0.05) is 13.1 Å². The second-order valence-corrected chi connectivity index (χ2v) is 6.92. The van der Waals surface area contributed by atoms with Gasteiger partial charge >= 0.3 is 5.69 Å². The molecule has 146 valence electrons. The first kappa shape index (κ1) is 17.4. The molecule has 0 aliphatic heterocycles. The molecular formula is C21H20N6O2. The molecule has 8 heteroatoms. The van der Waals surface area contributed by atoms with Crippen LogP contribution in [-0.4, -0.2) is 28.3 Å². The third kappa shape index (κ3) is 2.38. The van der Waals surface area contributed by atoms with Gasteiger partial charge < -0.3 is 0 Å². The molecule has 0 unspecified atom stereocenters.